The summed E-state index contributed by atoms with van der Waals surface area (Å²) in [5, 5.41) is 9.66. The summed E-state index contributed by atoms with van der Waals surface area (Å²) >= 11 is 0. The van der Waals surface area contributed by atoms with Gasteiger partial charge in [-0.05, 0) is 44.9 Å². The van der Waals surface area contributed by atoms with Gasteiger partial charge in [0.2, 0.25) is 0 Å². The first-order valence-corrected chi connectivity index (χ1v) is 26.9. The van der Waals surface area contributed by atoms with Crippen molar-refractivity contribution in [3.8, 4) is 0 Å². The highest BCUT2D eigenvalue weighted by Gasteiger charge is 2.31. The Morgan fingerprint density at radius 3 is 1.24 bits per heavy atom. The van der Waals surface area contributed by atoms with Crippen molar-refractivity contribution < 1.29 is 38.2 Å². The molecule has 0 radical (unpaired) electrons. The van der Waals surface area contributed by atoms with E-state index < -0.39 is 18.1 Å². The first kappa shape index (κ1) is 60.8. The number of carbonyl (C=O) groups is 3. The number of rotatable bonds is 49. The Bertz CT molecular complexity index is 1080. The van der Waals surface area contributed by atoms with Gasteiger partial charge in [-0.15, -0.1) is 0 Å². The van der Waals surface area contributed by atoms with Crippen LogP contribution in [0.25, 0.3) is 0 Å². The summed E-state index contributed by atoms with van der Waals surface area (Å²) in [6.07, 6.45) is 53.7. The molecule has 0 rings (SSSR count). The highest BCUT2D eigenvalue weighted by atomic mass is 16.6. The summed E-state index contributed by atoms with van der Waals surface area (Å²) in [4.78, 5) is 37.2. The van der Waals surface area contributed by atoms with E-state index >= 15 is 0 Å². The van der Waals surface area contributed by atoms with Gasteiger partial charge >= 0.3 is 17.9 Å². The van der Waals surface area contributed by atoms with Crippen LogP contribution in [-0.2, 0) is 28.6 Å². The second-order valence-corrected chi connectivity index (χ2v) is 19.5. The van der Waals surface area contributed by atoms with E-state index in [0.717, 1.165) is 51.4 Å². The Kier molecular flexibility index (Phi) is 44.7. The lowest BCUT2D eigenvalue weighted by atomic mass is 10.0. The molecule has 0 saturated heterocycles. The number of carboxylic acid groups (broad SMARTS) is 1. The van der Waals surface area contributed by atoms with Crippen LogP contribution in [0.15, 0.2) is 24.3 Å². The van der Waals surface area contributed by atoms with Crippen LogP contribution in [0.3, 0.4) is 0 Å². The van der Waals surface area contributed by atoms with E-state index in [2.05, 4.69) is 38.2 Å². The average molecular weight is 891 g/mol. The van der Waals surface area contributed by atoms with E-state index in [1.165, 1.54) is 173 Å². The van der Waals surface area contributed by atoms with E-state index in [4.69, 9.17) is 14.2 Å². The highest BCUT2D eigenvalue weighted by molar-refractivity contribution is 5.72. The van der Waals surface area contributed by atoms with Crippen LogP contribution < -0.4 is 0 Å². The lowest BCUT2D eigenvalue weighted by Crippen LogP contribution is -2.50. The fourth-order valence-electron chi connectivity index (χ4n) is 8.18. The van der Waals surface area contributed by atoms with Crippen molar-refractivity contribution in [2.45, 2.75) is 270 Å². The number of carbonyl (C=O) groups excluding carboxylic acids is 2. The number of nitrogens with zero attached hydrogens (tertiary/aromatic N) is 1. The summed E-state index contributed by atoms with van der Waals surface area (Å²) in [6.45, 7) is 4.76. The van der Waals surface area contributed by atoms with Crippen molar-refractivity contribution in [3.63, 3.8) is 0 Å². The maximum Gasteiger partial charge on any atom is 0.362 e. The Balaban J connectivity index is 4.19. The van der Waals surface area contributed by atoms with E-state index in [1.807, 2.05) is 21.1 Å². The minimum atomic E-state index is -0.873. The fraction of sp³-hybridized carbons (Fsp3) is 0.873. The van der Waals surface area contributed by atoms with Crippen LogP contribution in [0.4, 0.5) is 0 Å². The highest BCUT2D eigenvalue weighted by Crippen LogP contribution is 2.17. The smallest absolute Gasteiger partial charge is 0.362 e. The molecule has 8 heteroatoms. The minimum absolute atomic E-state index is 0.0491. The third-order valence-electron chi connectivity index (χ3n) is 12.4. The predicted molar refractivity (Wildman–Crippen MR) is 266 cm³/mol. The van der Waals surface area contributed by atoms with Crippen LogP contribution in [0.2, 0.25) is 0 Å². The van der Waals surface area contributed by atoms with Crippen molar-refractivity contribution in [2.75, 3.05) is 41.0 Å². The Labute approximate surface area is 390 Å². The standard InChI is InChI=1S/C55H103NO7/c1-6-8-10-12-14-16-18-20-22-24-26-27-28-30-31-33-35-37-39-41-43-45-53(57)62-50-51(49-61-48-47-52(55(59)60)56(3,4)5)63-54(58)46-44-42-40-38-36-34-32-29-25-23-21-19-17-15-13-11-9-7-2/h17,19,23,25,51-52H,6-16,18,20-22,24,26-50H2,1-5H3/p+1/b19-17-,25-23-. The molecule has 0 bridgehead atoms. The molecule has 2 atom stereocenters. The lowest BCUT2D eigenvalue weighted by Gasteiger charge is -2.31. The predicted octanol–water partition coefficient (Wildman–Crippen LogP) is 15.6. The van der Waals surface area contributed by atoms with Crippen LogP contribution >= 0.6 is 0 Å². The molecule has 0 saturated carbocycles. The second-order valence-electron chi connectivity index (χ2n) is 19.5. The number of hydrogen-bond acceptors (Lipinski definition) is 6. The molecular formula is C55H104NO7+. The summed E-state index contributed by atoms with van der Waals surface area (Å²) in [7, 11) is 5.54. The number of allylic oxidation sites excluding steroid dienone is 4. The van der Waals surface area contributed by atoms with Gasteiger partial charge in [0.1, 0.15) is 6.61 Å². The number of quaternary nitrogens is 1. The van der Waals surface area contributed by atoms with Crippen LogP contribution in [0, 0.1) is 0 Å². The number of aliphatic carboxylic acids is 1. The molecule has 8 nitrogen and oxygen atoms in total. The summed E-state index contributed by atoms with van der Waals surface area (Å²) in [6, 6.07) is -0.614. The Morgan fingerprint density at radius 2 is 0.841 bits per heavy atom. The number of unbranched alkanes of at least 4 members (excludes halogenated alkanes) is 31. The van der Waals surface area contributed by atoms with Gasteiger partial charge in [-0.25, -0.2) is 4.79 Å². The number of hydrogen-bond donors (Lipinski definition) is 1. The van der Waals surface area contributed by atoms with Gasteiger partial charge in [-0.2, -0.15) is 0 Å². The molecule has 370 valence electrons. The fourth-order valence-corrected chi connectivity index (χ4v) is 8.18. The molecule has 0 fully saturated rings. The van der Waals surface area contributed by atoms with Gasteiger partial charge in [0.05, 0.1) is 34.4 Å². The molecule has 63 heavy (non-hydrogen) atoms. The normalized spacial score (nSPS) is 13.0. The zero-order valence-corrected chi connectivity index (χ0v) is 42.3. The number of carboxylic acids is 1. The van der Waals surface area contributed by atoms with E-state index in [1.54, 1.807) is 0 Å². The SMILES string of the molecule is CCCCCC/C=C\C/C=C\CCCCCCCCCC(=O)OC(COCCC(C(=O)O)[N+](C)(C)C)COC(=O)CCCCCCCCCCCCCCCCCCCCCCC. The summed E-state index contributed by atoms with van der Waals surface area (Å²) in [5.41, 5.74) is 0. The van der Waals surface area contributed by atoms with Crippen LogP contribution in [-0.4, -0.2) is 80.6 Å². The Morgan fingerprint density at radius 1 is 0.476 bits per heavy atom. The topological polar surface area (TPSA) is 99.1 Å². The van der Waals surface area contributed by atoms with Crippen LogP contribution in [0.1, 0.15) is 258 Å². The monoisotopic (exact) mass is 891 g/mol. The largest absolute Gasteiger partial charge is 0.477 e. The maximum absolute atomic E-state index is 12.8. The minimum Gasteiger partial charge on any atom is -0.477 e. The van der Waals surface area contributed by atoms with Gasteiger partial charge in [-0.1, -0.05) is 218 Å². The molecule has 0 aromatic heterocycles. The molecule has 0 aromatic rings. The first-order valence-electron chi connectivity index (χ1n) is 26.9. The zero-order chi connectivity index (χ0) is 46.3. The molecule has 0 aliphatic heterocycles. The zero-order valence-electron chi connectivity index (χ0n) is 42.3. The molecule has 0 amide bonds. The van der Waals surface area contributed by atoms with Crippen molar-refractivity contribution in [2.24, 2.45) is 0 Å². The van der Waals surface area contributed by atoms with Crippen molar-refractivity contribution in [1.82, 2.24) is 0 Å². The van der Waals surface area contributed by atoms with Gasteiger partial charge in [0, 0.05) is 19.3 Å². The molecular weight excluding hydrogens is 787 g/mol. The van der Waals surface area contributed by atoms with E-state index in [9.17, 15) is 19.5 Å². The van der Waals surface area contributed by atoms with Gasteiger partial charge < -0.3 is 23.8 Å². The van der Waals surface area contributed by atoms with E-state index in [0.29, 0.717) is 19.3 Å². The van der Waals surface area contributed by atoms with Gasteiger partial charge in [-0.3, -0.25) is 9.59 Å². The second kappa shape index (κ2) is 46.3. The van der Waals surface area contributed by atoms with Gasteiger partial charge in [0.15, 0.2) is 12.1 Å². The Hall–Kier alpha value is -2.19. The third kappa shape index (κ3) is 44.8. The molecule has 0 aliphatic rings. The molecule has 2 unspecified atom stereocenters. The molecule has 0 aliphatic carbocycles. The van der Waals surface area contributed by atoms with Crippen molar-refractivity contribution in [3.05, 3.63) is 24.3 Å². The summed E-state index contributed by atoms with van der Waals surface area (Å²) in [5.74, 6) is -1.46. The summed E-state index contributed by atoms with van der Waals surface area (Å²) < 4.78 is 17.4. The third-order valence-corrected chi connectivity index (χ3v) is 12.4. The quantitative estimate of drug-likeness (QED) is 0.0281. The van der Waals surface area contributed by atoms with Gasteiger partial charge in [0.25, 0.3) is 0 Å². The molecule has 0 spiro atoms. The van der Waals surface area contributed by atoms with E-state index in [-0.39, 0.29) is 36.2 Å². The molecule has 0 aromatic carbocycles. The first-order chi connectivity index (χ1) is 30.6. The number of ether oxygens (including phenoxy) is 3. The van der Waals surface area contributed by atoms with Crippen molar-refractivity contribution >= 4 is 17.9 Å². The molecule has 0 heterocycles. The lowest BCUT2D eigenvalue weighted by molar-refractivity contribution is -0.887. The van der Waals surface area contributed by atoms with Crippen molar-refractivity contribution in [1.29, 1.82) is 0 Å². The van der Waals surface area contributed by atoms with Crippen LogP contribution in [0.5, 0.6) is 0 Å². The molecule has 1 N–H and O–H groups in total. The number of esters is 2. The average Bonchev–Trinajstić information content (AvgIpc) is 3.24. The maximum atomic E-state index is 12.8. The number of likely N-dealkylation sites (N-methyl/N-ethyl adjacent to an activating group) is 1.